The van der Waals surface area contributed by atoms with Gasteiger partial charge in [0.2, 0.25) is 0 Å². The molecule has 0 fully saturated rings. The van der Waals surface area contributed by atoms with Crippen LogP contribution in [-0.4, -0.2) is 34.4 Å². The lowest BCUT2D eigenvalue weighted by molar-refractivity contribution is -0.137. The molecule has 0 aromatic carbocycles. The molecule has 0 atom stereocenters. The average molecular weight is 281 g/mol. The van der Waals surface area contributed by atoms with Gasteiger partial charge in [-0.15, -0.1) is 0 Å². The third-order valence-electron chi connectivity index (χ3n) is 3.12. The zero-order valence-electron chi connectivity index (χ0n) is 12.2. The quantitative estimate of drug-likeness (QED) is 0.698. The molecule has 0 radical (unpaired) electrons. The van der Waals surface area contributed by atoms with Crippen molar-refractivity contribution in [2.24, 2.45) is 0 Å². The van der Waals surface area contributed by atoms with Crippen LogP contribution in [0.1, 0.15) is 39.0 Å². The van der Waals surface area contributed by atoms with Gasteiger partial charge in [-0.2, -0.15) is 5.10 Å². The molecule has 0 aliphatic rings. The van der Waals surface area contributed by atoms with Crippen LogP contribution in [0.3, 0.4) is 0 Å². The summed E-state index contributed by atoms with van der Waals surface area (Å²) in [6.07, 6.45) is 5.10. The Morgan fingerprint density at radius 2 is 2.15 bits per heavy atom. The minimum Gasteiger partial charge on any atom is -0.481 e. The van der Waals surface area contributed by atoms with E-state index in [9.17, 15) is 9.59 Å². The number of rotatable bonds is 9. The van der Waals surface area contributed by atoms with Gasteiger partial charge in [-0.05, 0) is 19.3 Å². The Bertz CT molecular complexity index is 485. The van der Waals surface area contributed by atoms with Crippen LogP contribution < -0.4 is 10.5 Å². The van der Waals surface area contributed by atoms with Gasteiger partial charge < -0.3 is 10.0 Å². The van der Waals surface area contributed by atoms with Crippen molar-refractivity contribution >= 4 is 11.7 Å². The van der Waals surface area contributed by atoms with E-state index in [0.29, 0.717) is 13.0 Å². The summed E-state index contributed by atoms with van der Waals surface area (Å²) in [5, 5.41) is 12.7. The number of anilines is 1. The predicted molar refractivity (Wildman–Crippen MR) is 78.2 cm³/mol. The lowest BCUT2D eigenvalue weighted by Gasteiger charge is -2.17. The Morgan fingerprint density at radius 3 is 2.75 bits per heavy atom. The number of aryl methyl sites for hydroxylation is 1. The van der Waals surface area contributed by atoms with Gasteiger partial charge in [0.25, 0.3) is 5.56 Å². The first-order valence-electron chi connectivity index (χ1n) is 7.04. The molecule has 112 valence electrons. The molecule has 0 saturated carbocycles. The highest BCUT2D eigenvalue weighted by Crippen LogP contribution is 2.07. The van der Waals surface area contributed by atoms with Gasteiger partial charge in [-0.1, -0.05) is 13.3 Å². The molecule has 0 bridgehead atoms. The number of aliphatic carboxylic acids is 1. The summed E-state index contributed by atoms with van der Waals surface area (Å²) in [6.45, 7) is 3.51. The molecule has 0 spiro atoms. The molecule has 6 heteroatoms. The highest BCUT2D eigenvalue weighted by molar-refractivity contribution is 5.66. The maximum absolute atomic E-state index is 11.9. The summed E-state index contributed by atoms with van der Waals surface area (Å²) in [6, 6.07) is 1.60. The standard InChI is InChI=1S/C14H23N3O3/c1-3-8-16(2)12-10-13(18)17(15-11-12)9-6-4-5-7-14(19)20/h10-11H,3-9H2,1-2H3,(H,19,20). The summed E-state index contributed by atoms with van der Waals surface area (Å²) < 4.78 is 1.43. The van der Waals surface area contributed by atoms with E-state index < -0.39 is 5.97 Å². The molecule has 20 heavy (non-hydrogen) atoms. The molecule has 1 heterocycles. The van der Waals surface area contributed by atoms with Crippen molar-refractivity contribution < 1.29 is 9.90 Å². The summed E-state index contributed by atoms with van der Waals surface area (Å²) >= 11 is 0. The van der Waals surface area contributed by atoms with E-state index in [1.165, 1.54) is 4.68 Å². The second-order valence-electron chi connectivity index (χ2n) is 4.90. The molecule has 0 saturated heterocycles. The fourth-order valence-electron chi connectivity index (χ4n) is 1.98. The predicted octanol–water partition coefficient (Wildman–Crippen LogP) is 1.73. The number of carboxylic acids is 1. The van der Waals surface area contributed by atoms with E-state index in [0.717, 1.165) is 31.5 Å². The Balaban J connectivity index is 2.48. The highest BCUT2D eigenvalue weighted by Gasteiger charge is 2.04. The van der Waals surface area contributed by atoms with Crippen LogP contribution in [0.2, 0.25) is 0 Å². The summed E-state index contributed by atoms with van der Waals surface area (Å²) in [5.74, 6) is -0.774. The number of carbonyl (C=O) groups is 1. The smallest absolute Gasteiger partial charge is 0.303 e. The van der Waals surface area contributed by atoms with Gasteiger partial charge in [0.05, 0.1) is 11.9 Å². The zero-order chi connectivity index (χ0) is 15.0. The minimum absolute atomic E-state index is 0.108. The fraction of sp³-hybridized carbons (Fsp3) is 0.643. The van der Waals surface area contributed by atoms with Crippen molar-refractivity contribution in [3.05, 3.63) is 22.6 Å². The van der Waals surface area contributed by atoms with E-state index in [-0.39, 0.29) is 12.0 Å². The minimum atomic E-state index is -0.774. The SMILES string of the molecule is CCCN(C)c1cnn(CCCCCC(=O)O)c(=O)c1. The van der Waals surface area contributed by atoms with Gasteiger partial charge in [-0.25, -0.2) is 4.68 Å². The first-order chi connectivity index (χ1) is 9.54. The zero-order valence-corrected chi connectivity index (χ0v) is 12.2. The number of carboxylic acid groups (broad SMARTS) is 1. The molecule has 0 unspecified atom stereocenters. The summed E-state index contributed by atoms with van der Waals surface area (Å²) in [4.78, 5) is 24.3. The third kappa shape index (κ3) is 5.42. The van der Waals surface area contributed by atoms with Gasteiger partial charge in [0.15, 0.2) is 0 Å². The van der Waals surface area contributed by atoms with Crippen molar-refractivity contribution in [3.63, 3.8) is 0 Å². The lowest BCUT2D eigenvalue weighted by atomic mass is 10.2. The summed E-state index contributed by atoms with van der Waals surface area (Å²) in [5.41, 5.74) is 0.725. The number of hydrogen-bond acceptors (Lipinski definition) is 4. The van der Waals surface area contributed by atoms with Crippen LogP contribution in [-0.2, 0) is 11.3 Å². The van der Waals surface area contributed by atoms with E-state index in [1.807, 2.05) is 11.9 Å². The number of hydrogen-bond donors (Lipinski definition) is 1. The first kappa shape index (κ1) is 16.2. The van der Waals surface area contributed by atoms with Crippen LogP contribution in [0.4, 0.5) is 5.69 Å². The van der Waals surface area contributed by atoms with Crippen molar-refractivity contribution in [2.45, 2.75) is 45.6 Å². The monoisotopic (exact) mass is 281 g/mol. The molecule has 1 N–H and O–H groups in total. The topological polar surface area (TPSA) is 75.4 Å². The van der Waals surface area contributed by atoms with Crippen molar-refractivity contribution in [1.29, 1.82) is 0 Å². The van der Waals surface area contributed by atoms with Crippen molar-refractivity contribution in [2.75, 3.05) is 18.5 Å². The third-order valence-corrected chi connectivity index (χ3v) is 3.12. The Morgan fingerprint density at radius 1 is 1.40 bits per heavy atom. The number of unbranched alkanes of at least 4 members (excludes halogenated alkanes) is 2. The Kier molecular flexibility index (Phi) is 6.76. The van der Waals surface area contributed by atoms with Crippen LogP contribution in [0.5, 0.6) is 0 Å². The molecule has 0 amide bonds. The van der Waals surface area contributed by atoms with E-state index >= 15 is 0 Å². The normalized spacial score (nSPS) is 10.5. The van der Waals surface area contributed by atoms with Crippen LogP contribution >= 0.6 is 0 Å². The summed E-state index contributed by atoms with van der Waals surface area (Å²) in [7, 11) is 1.94. The second-order valence-corrected chi connectivity index (χ2v) is 4.90. The van der Waals surface area contributed by atoms with Crippen LogP contribution in [0.15, 0.2) is 17.1 Å². The average Bonchev–Trinajstić information content (AvgIpc) is 2.39. The highest BCUT2D eigenvalue weighted by atomic mass is 16.4. The van der Waals surface area contributed by atoms with Gasteiger partial charge >= 0.3 is 5.97 Å². The van der Waals surface area contributed by atoms with E-state index in [1.54, 1.807) is 12.3 Å². The van der Waals surface area contributed by atoms with Crippen LogP contribution in [0, 0.1) is 0 Å². The molecule has 1 aromatic rings. The Labute approximate surface area is 119 Å². The fourth-order valence-corrected chi connectivity index (χ4v) is 1.98. The molecule has 0 aliphatic carbocycles. The van der Waals surface area contributed by atoms with Crippen molar-refractivity contribution in [1.82, 2.24) is 9.78 Å². The largest absolute Gasteiger partial charge is 0.481 e. The van der Waals surface area contributed by atoms with Crippen molar-refractivity contribution in [3.8, 4) is 0 Å². The van der Waals surface area contributed by atoms with E-state index in [4.69, 9.17) is 5.11 Å². The van der Waals surface area contributed by atoms with Crippen LogP contribution in [0.25, 0.3) is 0 Å². The van der Waals surface area contributed by atoms with Gasteiger partial charge in [0, 0.05) is 32.6 Å². The number of aromatic nitrogens is 2. The van der Waals surface area contributed by atoms with Gasteiger partial charge in [-0.3, -0.25) is 9.59 Å². The molecule has 0 aliphatic heterocycles. The van der Waals surface area contributed by atoms with E-state index in [2.05, 4.69) is 12.0 Å². The molecular weight excluding hydrogens is 258 g/mol. The molecule has 1 aromatic heterocycles. The number of nitrogens with zero attached hydrogens (tertiary/aromatic N) is 3. The Hall–Kier alpha value is -1.85. The first-order valence-corrected chi connectivity index (χ1v) is 7.04. The second kappa shape index (κ2) is 8.35. The molecule has 6 nitrogen and oxygen atoms in total. The molecule has 1 rings (SSSR count). The maximum Gasteiger partial charge on any atom is 0.303 e. The van der Waals surface area contributed by atoms with Gasteiger partial charge in [0.1, 0.15) is 0 Å². The molecular formula is C14H23N3O3. The maximum atomic E-state index is 11.9. The lowest BCUT2D eigenvalue weighted by Crippen LogP contribution is -2.26.